The van der Waals surface area contributed by atoms with Crippen molar-refractivity contribution in [1.29, 1.82) is 0 Å². The minimum Gasteiger partial charge on any atom is -0.394 e. The van der Waals surface area contributed by atoms with Crippen LogP contribution in [0, 0.1) is 11.6 Å². The van der Waals surface area contributed by atoms with E-state index in [4.69, 9.17) is 24.2 Å². The number of aliphatic hydroxyl groups is 1. The summed E-state index contributed by atoms with van der Waals surface area (Å²) in [5.74, 6) is -1.03. The summed E-state index contributed by atoms with van der Waals surface area (Å²) in [6, 6.07) is 3.80. The Morgan fingerprint density at radius 2 is 2.00 bits per heavy atom. The Balaban J connectivity index is 1.31. The van der Waals surface area contributed by atoms with E-state index < -0.39 is 17.4 Å². The standard InChI is InChI=1S/C26H32F2N6O4S/c1-4-9-39-25-30-23(29-17-11-14(17)13-5-6-15(27)16(28)10-13)20-24(31-25)34(33-32-20)18-12-19(36-8-7-35)22-21(18)37-26(2,3)38-22/h5-6,10,14,17-19,21-22,35H,4,7-9,11-12H2,1-3H3,(H,29,30,31)/t14-,17-,18+,19+,21+,22-/m1/s1. The summed E-state index contributed by atoms with van der Waals surface area (Å²) in [4.78, 5) is 9.57. The Morgan fingerprint density at radius 1 is 1.18 bits per heavy atom. The van der Waals surface area contributed by atoms with Crippen LogP contribution in [0.1, 0.15) is 57.6 Å². The molecule has 13 heteroatoms. The fourth-order valence-corrected chi connectivity index (χ4v) is 6.24. The van der Waals surface area contributed by atoms with Crippen molar-refractivity contribution in [2.24, 2.45) is 0 Å². The quantitative estimate of drug-likeness (QED) is 0.279. The number of thioether (sulfide) groups is 1. The van der Waals surface area contributed by atoms with E-state index in [1.165, 1.54) is 6.07 Å². The van der Waals surface area contributed by atoms with Gasteiger partial charge in [0.2, 0.25) is 0 Å². The van der Waals surface area contributed by atoms with Gasteiger partial charge in [-0.25, -0.2) is 23.4 Å². The Morgan fingerprint density at radius 3 is 2.77 bits per heavy atom. The van der Waals surface area contributed by atoms with E-state index in [1.54, 1.807) is 22.5 Å². The van der Waals surface area contributed by atoms with Crippen molar-refractivity contribution in [2.75, 3.05) is 24.3 Å². The van der Waals surface area contributed by atoms with Crippen LogP contribution in [0.25, 0.3) is 11.2 Å². The molecule has 1 aliphatic heterocycles. The van der Waals surface area contributed by atoms with Crippen LogP contribution in [-0.4, -0.2) is 79.2 Å². The SMILES string of the molecule is CCCSc1nc(N[C@@H]2C[C@@H]2c2ccc(F)c(F)c2)c2nnn([C@H]3C[C@H](OCCO)[C@H]4OC(C)(C)O[C@H]43)c2n1. The number of benzene rings is 1. The number of rotatable bonds is 10. The van der Waals surface area contributed by atoms with E-state index in [1.807, 2.05) is 13.8 Å². The lowest BCUT2D eigenvalue weighted by molar-refractivity contribution is -0.171. The Hall–Kier alpha value is -2.45. The molecule has 3 fully saturated rings. The van der Waals surface area contributed by atoms with Crippen LogP contribution in [0.4, 0.5) is 14.6 Å². The highest BCUT2D eigenvalue weighted by atomic mass is 32.2. The first kappa shape index (κ1) is 26.8. The van der Waals surface area contributed by atoms with Crippen LogP contribution in [0.15, 0.2) is 23.4 Å². The second-order valence-corrected chi connectivity index (χ2v) is 11.7. The fourth-order valence-electron chi connectivity index (χ4n) is 5.55. The third kappa shape index (κ3) is 5.22. The molecule has 2 saturated carbocycles. The molecule has 0 bridgehead atoms. The Labute approximate surface area is 228 Å². The van der Waals surface area contributed by atoms with Crippen molar-refractivity contribution >= 4 is 28.7 Å². The molecule has 2 aliphatic carbocycles. The van der Waals surface area contributed by atoms with Gasteiger partial charge in [-0.05, 0) is 44.4 Å². The zero-order valence-electron chi connectivity index (χ0n) is 22.0. The molecule has 1 aromatic carbocycles. The van der Waals surface area contributed by atoms with E-state index in [-0.39, 0.29) is 49.5 Å². The summed E-state index contributed by atoms with van der Waals surface area (Å²) in [5.41, 5.74) is 1.85. The average molecular weight is 563 g/mol. The van der Waals surface area contributed by atoms with Crippen LogP contribution in [0.2, 0.25) is 0 Å². The number of hydrogen-bond donors (Lipinski definition) is 2. The Kier molecular flexibility index (Phi) is 7.21. The van der Waals surface area contributed by atoms with Crippen LogP contribution in [-0.2, 0) is 14.2 Å². The highest BCUT2D eigenvalue weighted by molar-refractivity contribution is 7.99. The molecular formula is C26H32F2N6O4S. The van der Waals surface area contributed by atoms with Crippen molar-refractivity contribution in [3.05, 3.63) is 35.4 Å². The molecule has 0 spiro atoms. The van der Waals surface area contributed by atoms with Crippen LogP contribution < -0.4 is 5.32 Å². The number of nitrogens with zero attached hydrogens (tertiary/aromatic N) is 5. The number of aromatic nitrogens is 5. The van der Waals surface area contributed by atoms with Crippen LogP contribution in [0.3, 0.4) is 0 Å². The number of hydrogen-bond acceptors (Lipinski definition) is 10. The molecule has 3 aliphatic rings. The molecule has 6 rings (SSSR count). The average Bonchev–Trinajstić information content (AvgIpc) is 3.24. The largest absolute Gasteiger partial charge is 0.394 e. The van der Waals surface area contributed by atoms with Gasteiger partial charge in [0.15, 0.2) is 39.6 Å². The molecule has 2 N–H and O–H groups in total. The number of ether oxygens (including phenoxy) is 3. The van der Waals surface area contributed by atoms with Gasteiger partial charge in [0.1, 0.15) is 12.2 Å². The summed E-state index contributed by atoms with van der Waals surface area (Å²) in [6.07, 6.45) is 1.38. The second kappa shape index (κ2) is 10.5. The first-order valence-electron chi connectivity index (χ1n) is 13.3. The maximum Gasteiger partial charge on any atom is 0.191 e. The van der Waals surface area contributed by atoms with E-state index in [9.17, 15) is 13.9 Å². The van der Waals surface area contributed by atoms with Crippen molar-refractivity contribution < 1.29 is 28.1 Å². The molecule has 39 heavy (non-hydrogen) atoms. The van der Waals surface area contributed by atoms with E-state index in [0.29, 0.717) is 28.6 Å². The lowest BCUT2D eigenvalue weighted by atomic mass is 10.1. The molecule has 0 unspecified atom stereocenters. The van der Waals surface area contributed by atoms with E-state index >= 15 is 0 Å². The number of fused-ring (bicyclic) bond motifs is 2. The van der Waals surface area contributed by atoms with Gasteiger partial charge in [-0.3, -0.25) is 0 Å². The number of aliphatic hydroxyl groups excluding tert-OH is 1. The van der Waals surface area contributed by atoms with Gasteiger partial charge in [0, 0.05) is 24.1 Å². The zero-order valence-corrected chi connectivity index (χ0v) is 22.8. The Bertz CT molecular complexity index is 1360. The zero-order chi connectivity index (χ0) is 27.3. The smallest absolute Gasteiger partial charge is 0.191 e. The maximum atomic E-state index is 13.8. The van der Waals surface area contributed by atoms with Gasteiger partial charge in [0.05, 0.1) is 25.4 Å². The van der Waals surface area contributed by atoms with Crippen molar-refractivity contribution in [2.45, 2.75) is 87.3 Å². The molecule has 10 nitrogen and oxygen atoms in total. The maximum absolute atomic E-state index is 13.8. The molecule has 6 atom stereocenters. The molecule has 2 aromatic heterocycles. The third-order valence-corrected chi connectivity index (χ3v) is 8.40. The van der Waals surface area contributed by atoms with Crippen molar-refractivity contribution in [3.63, 3.8) is 0 Å². The lowest BCUT2D eigenvalue weighted by Crippen LogP contribution is -2.31. The number of nitrogens with one attached hydrogen (secondary N) is 1. The molecular weight excluding hydrogens is 530 g/mol. The summed E-state index contributed by atoms with van der Waals surface area (Å²) in [7, 11) is 0. The first-order chi connectivity index (χ1) is 18.8. The molecule has 0 amide bonds. The predicted molar refractivity (Wildman–Crippen MR) is 140 cm³/mol. The van der Waals surface area contributed by atoms with Gasteiger partial charge in [-0.1, -0.05) is 30.0 Å². The fraction of sp³-hybridized carbons (Fsp3) is 0.615. The normalized spacial score (nSPS) is 29.2. The highest BCUT2D eigenvalue weighted by Gasteiger charge is 2.56. The van der Waals surface area contributed by atoms with Gasteiger partial charge < -0.3 is 24.6 Å². The summed E-state index contributed by atoms with van der Waals surface area (Å²) >= 11 is 1.55. The van der Waals surface area contributed by atoms with Crippen molar-refractivity contribution in [1.82, 2.24) is 25.0 Å². The van der Waals surface area contributed by atoms with Gasteiger partial charge in [-0.15, -0.1) is 5.10 Å². The topological polar surface area (TPSA) is 116 Å². The minimum atomic E-state index is -0.853. The third-order valence-electron chi connectivity index (χ3n) is 7.34. The van der Waals surface area contributed by atoms with E-state index in [0.717, 1.165) is 30.2 Å². The number of halogens is 2. The summed E-state index contributed by atoms with van der Waals surface area (Å²) in [5, 5.41) is 22.3. The molecule has 1 saturated heterocycles. The van der Waals surface area contributed by atoms with E-state index in [2.05, 4.69) is 22.6 Å². The van der Waals surface area contributed by atoms with Crippen molar-refractivity contribution in [3.8, 4) is 0 Å². The lowest BCUT2D eigenvalue weighted by Gasteiger charge is -2.23. The second-order valence-electron chi connectivity index (χ2n) is 10.7. The van der Waals surface area contributed by atoms with Gasteiger partial charge >= 0.3 is 0 Å². The monoisotopic (exact) mass is 562 g/mol. The van der Waals surface area contributed by atoms with Crippen LogP contribution >= 0.6 is 11.8 Å². The predicted octanol–water partition coefficient (Wildman–Crippen LogP) is 3.81. The molecule has 3 heterocycles. The molecule has 210 valence electrons. The first-order valence-corrected chi connectivity index (χ1v) is 14.3. The molecule has 0 radical (unpaired) electrons. The summed E-state index contributed by atoms with van der Waals surface area (Å²) < 4.78 is 47.4. The summed E-state index contributed by atoms with van der Waals surface area (Å²) in [6.45, 7) is 5.96. The van der Waals surface area contributed by atoms with Crippen LogP contribution in [0.5, 0.6) is 0 Å². The minimum absolute atomic E-state index is 0.00150. The number of anilines is 1. The molecule has 3 aromatic rings. The van der Waals surface area contributed by atoms with Gasteiger partial charge in [0.25, 0.3) is 0 Å². The highest BCUT2D eigenvalue weighted by Crippen LogP contribution is 2.46. The van der Waals surface area contributed by atoms with Gasteiger partial charge in [-0.2, -0.15) is 0 Å².